The molecule has 0 aromatic carbocycles. The molecule has 0 aromatic rings. The highest BCUT2D eigenvalue weighted by molar-refractivity contribution is 5.73. The van der Waals surface area contributed by atoms with E-state index in [1.165, 1.54) is 32.2 Å². The first-order chi connectivity index (χ1) is 9.71. The second-order valence-corrected chi connectivity index (χ2v) is 6.69. The summed E-state index contributed by atoms with van der Waals surface area (Å²) in [5.41, 5.74) is -0.0898. The van der Waals surface area contributed by atoms with Crippen molar-refractivity contribution < 1.29 is 9.53 Å². The van der Waals surface area contributed by atoms with E-state index in [0.717, 1.165) is 32.0 Å². The van der Waals surface area contributed by atoms with Crippen molar-refractivity contribution in [3.63, 3.8) is 0 Å². The molecule has 2 N–H and O–H groups in total. The molecule has 3 aliphatic rings. The summed E-state index contributed by atoms with van der Waals surface area (Å²) in [6.45, 7) is 3.81. The zero-order valence-electron chi connectivity index (χ0n) is 12.5. The predicted octanol–water partition coefficient (Wildman–Crippen LogP) is 1.34. The van der Waals surface area contributed by atoms with Gasteiger partial charge in [-0.1, -0.05) is 0 Å². The first-order valence-electron chi connectivity index (χ1n) is 8.02. The number of carbonyl (C=O) groups is 1. The van der Waals surface area contributed by atoms with Crippen molar-refractivity contribution in [2.24, 2.45) is 5.92 Å². The quantitative estimate of drug-likeness (QED) is 0.772. The van der Waals surface area contributed by atoms with Gasteiger partial charge in [0, 0.05) is 32.8 Å². The SMILES string of the molecule is COC1(CNC(=O)NC[C@H]2CCN(C3CC3)C2)CCC1. The Balaban J connectivity index is 1.31. The molecule has 5 heteroatoms. The number of carbonyl (C=O) groups excluding carboxylic acids is 1. The fourth-order valence-electron chi connectivity index (χ4n) is 3.37. The molecule has 0 aromatic heterocycles. The van der Waals surface area contributed by atoms with Crippen LogP contribution in [0.1, 0.15) is 38.5 Å². The molecule has 3 rings (SSSR count). The fraction of sp³-hybridized carbons (Fsp3) is 0.933. The van der Waals surface area contributed by atoms with Crippen LogP contribution in [-0.4, -0.2) is 55.9 Å². The van der Waals surface area contributed by atoms with Gasteiger partial charge in [0.1, 0.15) is 0 Å². The summed E-state index contributed by atoms with van der Waals surface area (Å²) < 4.78 is 5.50. The number of hydrogen-bond acceptors (Lipinski definition) is 3. The van der Waals surface area contributed by atoms with Gasteiger partial charge in [0.15, 0.2) is 0 Å². The molecule has 2 aliphatic carbocycles. The van der Waals surface area contributed by atoms with Crippen LogP contribution in [0.2, 0.25) is 0 Å². The van der Waals surface area contributed by atoms with Crippen molar-refractivity contribution in [1.82, 2.24) is 15.5 Å². The van der Waals surface area contributed by atoms with Crippen molar-refractivity contribution in [1.29, 1.82) is 0 Å². The van der Waals surface area contributed by atoms with E-state index in [2.05, 4.69) is 15.5 Å². The maximum Gasteiger partial charge on any atom is 0.314 e. The Morgan fingerprint density at radius 1 is 1.30 bits per heavy atom. The molecule has 20 heavy (non-hydrogen) atoms. The van der Waals surface area contributed by atoms with Crippen LogP contribution < -0.4 is 10.6 Å². The molecule has 1 atom stereocenters. The Kier molecular flexibility index (Phi) is 4.17. The van der Waals surface area contributed by atoms with Crippen LogP contribution in [0.25, 0.3) is 0 Å². The van der Waals surface area contributed by atoms with Crippen LogP contribution in [0, 0.1) is 5.92 Å². The van der Waals surface area contributed by atoms with Crippen molar-refractivity contribution in [2.75, 3.05) is 33.3 Å². The van der Waals surface area contributed by atoms with Crippen molar-refractivity contribution in [3.05, 3.63) is 0 Å². The number of nitrogens with one attached hydrogen (secondary N) is 2. The first kappa shape index (κ1) is 14.1. The van der Waals surface area contributed by atoms with Gasteiger partial charge in [-0.2, -0.15) is 0 Å². The molecule has 1 heterocycles. The lowest BCUT2D eigenvalue weighted by molar-refractivity contribution is -0.0674. The summed E-state index contributed by atoms with van der Waals surface area (Å²) in [6.07, 6.45) is 7.29. The Morgan fingerprint density at radius 2 is 2.10 bits per heavy atom. The molecule has 0 bridgehead atoms. The number of urea groups is 1. The summed E-state index contributed by atoms with van der Waals surface area (Å²) in [6, 6.07) is 0.812. The van der Waals surface area contributed by atoms with Gasteiger partial charge in [-0.3, -0.25) is 0 Å². The largest absolute Gasteiger partial charge is 0.376 e. The molecule has 0 radical (unpaired) electrons. The minimum absolute atomic E-state index is 0.0433. The Bertz CT molecular complexity index is 348. The second kappa shape index (κ2) is 5.90. The van der Waals surface area contributed by atoms with E-state index in [4.69, 9.17) is 4.74 Å². The fourth-order valence-corrected chi connectivity index (χ4v) is 3.37. The number of hydrogen-bond donors (Lipinski definition) is 2. The van der Waals surface area contributed by atoms with E-state index in [1.54, 1.807) is 7.11 Å². The van der Waals surface area contributed by atoms with Crippen LogP contribution in [0.15, 0.2) is 0 Å². The zero-order chi connectivity index (χ0) is 14.0. The summed E-state index contributed by atoms with van der Waals surface area (Å²) >= 11 is 0. The van der Waals surface area contributed by atoms with E-state index in [1.807, 2.05) is 0 Å². The Morgan fingerprint density at radius 3 is 2.70 bits per heavy atom. The highest BCUT2D eigenvalue weighted by atomic mass is 16.5. The molecule has 0 spiro atoms. The Hall–Kier alpha value is -0.810. The minimum Gasteiger partial charge on any atom is -0.376 e. The van der Waals surface area contributed by atoms with Crippen LogP contribution in [-0.2, 0) is 4.74 Å². The molecule has 1 saturated heterocycles. The first-order valence-corrected chi connectivity index (χ1v) is 8.02. The average Bonchev–Trinajstić information content (AvgIpc) is 3.15. The lowest BCUT2D eigenvalue weighted by Crippen LogP contribution is -2.51. The van der Waals surface area contributed by atoms with Crippen molar-refractivity contribution in [3.8, 4) is 0 Å². The third kappa shape index (κ3) is 3.26. The predicted molar refractivity (Wildman–Crippen MR) is 77.7 cm³/mol. The van der Waals surface area contributed by atoms with Gasteiger partial charge in [0.2, 0.25) is 0 Å². The topological polar surface area (TPSA) is 53.6 Å². The second-order valence-electron chi connectivity index (χ2n) is 6.69. The molecule has 114 valence electrons. The van der Waals surface area contributed by atoms with Gasteiger partial charge in [0.05, 0.1) is 5.60 Å². The van der Waals surface area contributed by atoms with Crippen LogP contribution in [0.5, 0.6) is 0 Å². The Labute approximate surface area is 121 Å². The van der Waals surface area contributed by atoms with Gasteiger partial charge >= 0.3 is 6.03 Å². The standard InChI is InChI=1S/C15H27N3O2/c1-20-15(6-2-7-15)11-17-14(19)16-9-12-5-8-18(10-12)13-3-4-13/h12-13H,2-11H2,1H3,(H2,16,17,19)/t12-/m1/s1. The average molecular weight is 281 g/mol. The zero-order valence-corrected chi connectivity index (χ0v) is 12.5. The van der Waals surface area contributed by atoms with Crippen LogP contribution in [0.4, 0.5) is 4.79 Å². The van der Waals surface area contributed by atoms with Crippen LogP contribution >= 0.6 is 0 Å². The third-order valence-corrected chi connectivity index (χ3v) is 5.20. The molecule has 5 nitrogen and oxygen atoms in total. The van der Waals surface area contributed by atoms with Crippen molar-refractivity contribution >= 4 is 6.03 Å². The third-order valence-electron chi connectivity index (χ3n) is 5.20. The summed E-state index contributed by atoms with van der Waals surface area (Å²) in [5.74, 6) is 0.626. The van der Waals surface area contributed by atoms with E-state index in [0.29, 0.717) is 12.5 Å². The minimum atomic E-state index is -0.0898. The van der Waals surface area contributed by atoms with E-state index in [-0.39, 0.29) is 11.6 Å². The van der Waals surface area contributed by atoms with E-state index in [9.17, 15) is 4.79 Å². The monoisotopic (exact) mass is 281 g/mol. The lowest BCUT2D eigenvalue weighted by atomic mass is 9.80. The van der Waals surface area contributed by atoms with Crippen LogP contribution in [0.3, 0.4) is 0 Å². The number of ether oxygens (including phenoxy) is 1. The van der Waals surface area contributed by atoms with Gasteiger partial charge in [-0.15, -0.1) is 0 Å². The normalized spacial score (nSPS) is 28.9. The van der Waals surface area contributed by atoms with E-state index >= 15 is 0 Å². The number of amides is 2. The number of methoxy groups -OCH3 is 1. The summed E-state index contributed by atoms with van der Waals surface area (Å²) in [7, 11) is 1.74. The van der Waals surface area contributed by atoms with Gasteiger partial charge < -0.3 is 20.3 Å². The number of rotatable bonds is 6. The number of nitrogens with zero attached hydrogens (tertiary/aromatic N) is 1. The van der Waals surface area contributed by atoms with Gasteiger partial charge in [-0.25, -0.2) is 4.79 Å². The molecular formula is C15H27N3O2. The molecule has 1 aliphatic heterocycles. The van der Waals surface area contributed by atoms with E-state index < -0.39 is 0 Å². The summed E-state index contributed by atoms with van der Waals surface area (Å²) in [5, 5.41) is 5.98. The maximum absolute atomic E-state index is 11.8. The van der Waals surface area contributed by atoms with Gasteiger partial charge in [-0.05, 0) is 51.0 Å². The molecular weight excluding hydrogens is 254 g/mol. The molecule has 3 fully saturated rings. The van der Waals surface area contributed by atoms with Gasteiger partial charge in [0.25, 0.3) is 0 Å². The summed E-state index contributed by atoms with van der Waals surface area (Å²) in [4.78, 5) is 14.4. The van der Waals surface area contributed by atoms with Crippen molar-refractivity contribution in [2.45, 2.75) is 50.2 Å². The maximum atomic E-state index is 11.8. The highest BCUT2D eigenvalue weighted by Gasteiger charge is 2.37. The number of likely N-dealkylation sites (tertiary alicyclic amines) is 1. The smallest absolute Gasteiger partial charge is 0.314 e. The molecule has 0 unspecified atom stereocenters. The molecule has 2 amide bonds. The molecule has 2 saturated carbocycles. The highest BCUT2D eigenvalue weighted by Crippen LogP contribution is 2.34. The lowest BCUT2D eigenvalue weighted by Gasteiger charge is -2.40.